The van der Waals surface area contributed by atoms with Crippen LogP contribution in [0.4, 0.5) is 10.1 Å². The Kier molecular flexibility index (Phi) is 4.66. The molecule has 0 spiro atoms. The number of likely N-dealkylation sites (N-methyl/N-ethyl adjacent to an activating group) is 1. The fraction of sp³-hybridized carbons (Fsp3) is 0.625. The number of benzene rings is 1. The van der Waals surface area contributed by atoms with Gasteiger partial charge in [0.2, 0.25) is 0 Å². The lowest BCUT2D eigenvalue weighted by atomic mass is 10.1. The van der Waals surface area contributed by atoms with Crippen molar-refractivity contribution in [2.24, 2.45) is 0 Å². The molecule has 1 unspecified atom stereocenters. The average molecular weight is 280 g/mol. The summed E-state index contributed by atoms with van der Waals surface area (Å²) in [5, 5.41) is 9.79. The van der Waals surface area contributed by atoms with Gasteiger partial charge in [0.1, 0.15) is 5.82 Å². The number of halogens is 1. The molecule has 1 aliphatic rings. The molecular formula is C16H25FN2O. The predicted molar refractivity (Wildman–Crippen MR) is 80.6 cm³/mol. The molecule has 0 bridgehead atoms. The highest BCUT2D eigenvalue weighted by molar-refractivity contribution is 5.48. The summed E-state index contributed by atoms with van der Waals surface area (Å²) in [6, 6.07) is 7.39. The first-order valence-corrected chi connectivity index (χ1v) is 7.29. The fourth-order valence-corrected chi connectivity index (χ4v) is 2.66. The van der Waals surface area contributed by atoms with Gasteiger partial charge in [0, 0.05) is 25.7 Å². The molecule has 0 aromatic heterocycles. The molecule has 2 rings (SSSR count). The molecule has 1 aromatic rings. The fourth-order valence-electron chi connectivity index (χ4n) is 2.66. The lowest BCUT2D eigenvalue weighted by Crippen LogP contribution is -2.37. The monoisotopic (exact) mass is 280 g/mol. The Morgan fingerprint density at radius 2 is 2.10 bits per heavy atom. The maximum Gasteiger partial charge on any atom is 0.146 e. The molecule has 1 saturated heterocycles. The largest absolute Gasteiger partial charge is 0.390 e. The van der Waals surface area contributed by atoms with Crippen molar-refractivity contribution in [3.63, 3.8) is 0 Å². The summed E-state index contributed by atoms with van der Waals surface area (Å²) in [6.07, 6.45) is 1.79. The second-order valence-electron chi connectivity index (χ2n) is 6.38. The van der Waals surface area contributed by atoms with Crippen LogP contribution in [0.3, 0.4) is 0 Å². The van der Waals surface area contributed by atoms with Crippen LogP contribution < -0.4 is 4.90 Å². The van der Waals surface area contributed by atoms with Gasteiger partial charge in [-0.15, -0.1) is 0 Å². The second kappa shape index (κ2) is 6.10. The Balaban J connectivity index is 1.91. The minimum Gasteiger partial charge on any atom is -0.390 e. The second-order valence-corrected chi connectivity index (χ2v) is 6.38. The van der Waals surface area contributed by atoms with E-state index >= 15 is 0 Å². The van der Waals surface area contributed by atoms with E-state index in [4.69, 9.17) is 0 Å². The zero-order valence-electron chi connectivity index (χ0n) is 12.6. The Bertz CT molecular complexity index is 444. The van der Waals surface area contributed by atoms with E-state index in [-0.39, 0.29) is 5.82 Å². The van der Waals surface area contributed by atoms with Gasteiger partial charge in [0.25, 0.3) is 0 Å². The minimum absolute atomic E-state index is 0.146. The molecule has 0 amide bonds. The summed E-state index contributed by atoms with van der Waals surface area (Å²) >= 11 is 0. The zero-order valence-corrected chi connectivity index (χ0v) is 12.6. The Hall–Kier alpha value is -1.13. The van der Waals surface area contributed by atoms with Crippen LogP contribution in [0.25, 0.3) is 0 Å². The molecule has 1 aromatic carbocycles. The Morgan fingerprint density at radius 3 is 2.75 bits per heavy atom. The normalized spacial score (nSPS) is 19.9. The maximum atomic E-state index is 13.8. The predicted octanol–water partition coefficient (Wildman–Crippen LogP) is 2.50. The van der Waals surface area contributed by atoms with Crippen LogP contribution in [0, 0.1) is 5.82 Å². The lowest BCUT2D eigenvalue weighted by molar-refractivity contribution is 0.0567. The first-order valence-electron chi connectivity index (χ1n) is 7.29. The van der Waals surface area contributed by atoms with Gasteiger partial charge in [-0.1, -0.05) is 12.1 Å². The number of anilines is 1. The van der Waals surface area contributed by atoms with E-state index in [9.17, 15) is 9.50 Å². The van der Waals surface area contributed by atoms with Crippen molar-refractivity contribution in [1.29, 1.82) is 0 Å². The van der Waals surface area contributed by atoms with E-state index < -0.39 is 5.60 Å². The summed E-state index contributed by atoms with van der Waals surface area (Å²) in [5.74, 6) is -0.146. The number of para-hydroxylation sites is 1. The van der Waals surface area contributed by atoms with Gasteiger partial charge >= 0.3 is 0 Å². The van der Waals surface area contributed by atoms with E-state index in [1.807, 2.05) is 26.0 Å². The van der Waals surface area contributed by atoms with Crippen LogP contribution in [0.2, 0.25) is 0 Å². The van der Waals surface area contributed by atoms with Gasteiger partial charge < -0.3 is 14.9 Å². The Morgan fingerprint density at radius 1 is 1.40 bits per heavy atom. The summed E-state index contributed by atoms with van der Waals surface area (Å²) in [7, 11) is 2.08. The van der Waals surface area contributed by atoms with Gasteiger partial charge in [0.05, 0.1) is 11.3 Å². The molecule has 3 nitrogen and oxygen atoms in total. The standard InChI is InChI=1S/C16H25FN2O/c1-16(2,20)9-11-18(3)13-8-10-19(12-13)15-7-5-4-6-14(15)17/h4-7,13,20H,8-12H2,1-3H3. The molecule has 1 atom stereocenters. The van der Waals surface area contributed by atoms with E-state index in [0.717, 1.165) is 32.5 Å². The molecule has 0 saturated carbocycles. The van der Waals surface area contributed by atoms with Crippen LogP contribution in [-0.4, -0.2) is 48.3 Å². The van der Waals surface area contributed by atoms with Crippen molar-refractivity contribution in [2.75, 3.05) is 31.6 Å². The number of nitrogens with zero attached hydrogens (tertiary/aromatic N) is 2. The first-order chi connectivity index (χ1) is 9.37. The first kappa shape index (κ1) is 15.3. The van der Waals surface area contributed by atoms with Gasteiger partial charge in [-0.2, -0.15) is 0 Å². The molecule has 0 aliphatic carbocycles. The van der Waals surface area contributed by atoms with E-state index in [1.165, 1.54) is 6.07 Å². The van der Waals surface area contributed by atoms with Crippen molar-refractivity contribution in [3.8, 4) is 0 Å². The molecule has 1 fully saturated rings. The molecule has 20 heavy (non-hydrogen) atoms. The molecule has 112 valence electrons. The molecule has 0 radical (unpaired) electrons. The quantitative estimate of drug-likeness (QED) is 0.897. The zero-order chi connectivity index (χ0) is 14.8. The van der Waals surface area contributed by atoms with Crippen molar-refractivity contribution in [3.05, 3.63) is 30.1 Å². The van der Waals surface area contributed by atoms with Crippen LogP contribution in [0.15, 0.2) is 24.3 Å². The summed E-state index contributed by atoms with van der Waals surface area (Å²) in [6.45, 7) is 6.27. The SMILES string of the molecule is CN(CCC(C)(C)O)C1CCN(c2ccccc2F)C1. The van der Waals surface area contributed by atoms with Crippen molar-refractivity contribution in [1.82, 2.24) is 4.90 Å². The van der Waals surface area contributed by atoms with Crippen molar-refractivity contribution >= 4 is 5.69 Å². The van der Waals surface area contributed by atoms with E-state index in [2.05, 4.69) is 16.8 Å². The van der Waals surface area contributed by atoms with Gasteiger partial charge in [-0.05, 0) is 45.9 Å². The molecule has 1 N–H and O–H groups in total. The molecular weight excluding hydrogens is 255 g/mol. The lowest BCUT2D eigenvalue weighted by Gasteiger charge is -2.28. The summed E-state index contributed by atoms with van der Waals surface area (Å²) in [4.78, 5) is 4.39. The summed E-state index contributed by atoms with van der Waals surface area (Å²) in [5.41, 5.74) is 0.0730. The number of hydrogen-bond acceptors (Lipinski definition) is 3. The highest BCUT2D eigenvalue weighted by atomic mass is 19.1. The van der Waals surface area contributed by atoms with Gasteiger partial charge in [0.15, 0.2) is 0 Å². The van der Waals surface area contributed by atoms with Crippen LogP contribution in [-0.2, 0) is 0 Å². The third kappa shape index (κ3) is 3.93. The highest BCUT2D eigenvalue weighted by Gasteiger charge is 2.27. The maximum absolute atomic E-state index is 13.8. The van der Waals surface area contributed by atoms with Gasteiger partial charge in [-0.3, -0.25) is 0 Å². The Labute approximate surface area is 121 Å². The summed E-state index contributed by atoms with van der Waals surface area (Å²) < 4.78 is 13.8. The van der Waals surface area contributed by atoms with Crippen LogP contribution in [0.5, 0.6) is 0 Å². The van der Waals surface area contributed by atoms with Crippen LogP contribution >= 0.6 is 0 Å². The minimum atomic E-state index is -0.627. The molecule has 1 heterocycles. The third-order valence-electron chi connectivity index (χ3n) is 4.06. The number of rotatable bonds is 5. The van der Waals surface area contributed by atoms with Crippen LogP contribution in [0.1, 0.15) is 26.7 Å². The third-order valence-corrected chi connectivity index (χ3v) is 4.06. The van der Waals surface area contributed by atoms with Crippen molar-refractivity contribution in [2.45, 2.75) is 38.3 Å². The average Bonchev–Trinajstić information content (AvgIpc) is 2.85. The molecule has 1 aliphatic heterocycles. The molecule has 4 heteroatoms. The number of aliphatic hydroxyl groups is 1. The van der Waals surface area contributed by atoms with E-state index in [0.29, 0.717) is 11.7 Å². The highest BCUT2D eigenvalue weighted by Crippen LogP contribution is 2.25. The van der Waals surface area contributed by atoms with Gasteiger partial charge in [-0.25, -0.2) is 4.39 Å². The number of hydrogen-bond donors (Lipinski definition) is 1. The van der Waals surface area contributed by atoms with Crippen molar-refractivity contribution < 1.29 is 9.50 Å². The smallest absolute Gasteiger partial charge is 0.146 e. The topological polar surface area (TPSA) is 26.7 Å². The van der Waals surface area contributed by atoms with E-state index in [1.54, 1.807) is 6.07 Å².